The fraction of sp³-hybridized carbons (Fsp3) is 0.917. The summed E-state index contributed by atoms with van der Waals surface area (Å²) >= 11 is 0. The lowest BCUT2D eigenvalue weighted by atomic mass is 9.80. The molecule has 88 valence electrons. The van der Waals surface area contributed by atoms with Gasteiger partial charge in [-0.1, -0.05) is 26.2 Å². The van der Waals surface area contributed by atoms with Crippen LogP contribution in [0.4, 0.5) is 0 Å². The average Bonchev–Trinajstić information content (AvgIpc) is 2.26. The first kappa shape index (κ1) is 12.5. The Morgan fingerprint density at radius 2 is 2.13 bits per heavy atom. The second kappa shape index (κ2) is 6.11. The van der Waals surface area contributed by atoms with Crippen molar-refractivity contribution in [2.24, 2.45) is 11.8 Å². The van der Waals surface area contributed by atoms with Crippen LogP contribution in [0.1, 0.15) is 46.0 Å². The SMILES string of the molecule is CCC1CCCC(CN[C@H](C)C(=O)O)C1. The number of carbonyl (C=O) groups is 1. The van der Waals surface area contributed by atoms with Gasteiger partial charge in [0.1, 0.15) is 6.04 Å². The van der Waals surface area contributed by atoms with Crippen LogP contribution < -0.4 is 5.32 Å². The van der Waals surface area contributed by atoms with Crippen molar-refractivity contribution in [1.29, 1.82) is 0 Å². The van der Waals surface area contributed by atoms with E-state index in [9.17, 15) is 4.79 Å². The molecule has 15 heavy (non-hydrogen) atoms. The lowest BCUT2D eigenvalue weighted by molar-refractivity contribution is -0.139. The molecule has 1 fully saturated rings. The minimum absolute atomic E-state index is 0.410. The van der Waals surface area contributed by atoms with E-state index in [0.29, 0.717) is 5.92 Å². The van der Waals surface area contributed by atoms with Gasteiger partial charge < -0.3 is 10.4 Å². The van der Waals surface area contributed by atoms with Crippen molar-refractivity contribution in [3.8, 4) is 0 Å². The fourth-order valence-corrected chi connectivity index (χ4v) is 2.39. The van der Waals surface area contributed by atoms with Crippen molar-refractivity contribution in [2.75, 3.05) is 6.54 Å². The largest absolute Gasteiger partial charge is 0.480 e. The highest BCUT2D eigenvalue weighted by Gasteiger charge is 2.21. The topological polar surface area (TPSA) is 49.3 Å². The minimum Gasteiger partial charge on any atom is -0.480 e. The summed E-state index contributed by atoms with van der Waals surface area (Å²) in [7, 11) is 0. The highest BCUT2D eigenvalue weighted by molar-refractivity contribution is 5.72. The van der Waals surface area contributed by atoms with Gasteiger partial charge in [0.15, 0.2) is 0 Å². The highest BCUT2D eigenvalue weighted by Crippen LogP contribution is 2.30. The van der Waals surface area contributed by atoms with E-state index in [1.54, 1.807) is 6.92 Å². The maximum atomic E-state index is 10.6. The number of aliphatic carboxylic acids is 1. The Balaban J connectivity index is 2.23. The molecule has 0 spiro atoms. The van der Waals surface area contributed by atoms with Crippen LogP contribution in [-0.2, 0) is 4.79 Å². The Labute approximate surface area is 92.3 Å². The van der Waals surface area contributed by atoms with Crippen LogP contribution in [0.3, 0.4) is 0 Å². The van der Waals surface area contributed by atoms with Crippen LogP contribution in [0.25, 0.3) is 0 Å². The van der Waals surface area contributed by atoms with E-state index < -0.39 is 12.0 Å². The van der Waals surface area contributed by atoms with Crippen LogP contribution in [-0.4, -0.2) is 23.7 Å². The summed E-state index contributed by atoms with van der Waals surface area (Å²) in [6.45, 7) is 4.83. The molecule has 0 aromatic rings. The molecule has 2 N–H and O–H groups in total. The summed E-state index contributed by atoms with van der Waals surface area (Å²) in [4.78, 5) is 10.6. The van der Waals surface area contributed by atoms with E-state index in [1.165, 1.54) is 32.1 Å². The predicted octanol–water partition coefficient (Wildman–Crippen LogP) is 2.27. The van der Waals surface area contributed by atoms with Crippen molar-refractivity contribution in [1.82, 2.24) is 5.32 Å². The molecule has 3 atom stereocenters. The third-order valence-electron chi connectivity index (χ3n) is 3.55. The molecule has 0 radical (unpaired) electrons. The average molecular weight is 213 g/mol. The van der Waals surface area contributed by atoms with Gasteiger partial charge in [-0.15, -0.1) is 0 Å². The van der Waals surface area contributed by atoms with E-state index in [-0.39, 0.29) is 0 Å². The van der Waals surface area contributed by atoms with Crippen molar-refractivity contribution in [3.63, 3.8) is 0 Å². The van der Waals surface area contributed by atoms with Gasteiger partial charge in [0, 0.05) is 0 Å². The second-order valence-corrected chi connectivity index (χ2v) is 4.78. The highest BCUT2D eigenvalue weighted by atomic mass is 16.4. The molecule has 1 rings (SSSR count). The smallest absolute Gasteiger partial charge is 0.320 e. The third-order valence-corrected chi connectivity index (χ3v) is 3.55. The maximum absolute atomic E-state index is 10.6. The molecule has 0 aromatic heterocycles. The summed E-state index contributed by atoms with van der Waals surface area (Å²) in [5.41, 5.74) is 0. The Kier molecular flexibility index (Phi) is 5.09. The predicted molar refractivity (Wildman–Crippen MR) is 60.8 cm³/mol. The van der Waals surface area contributed by atoms with Gasteiger partial charge in [0.25, 0.3) is 0 Å². The number of rotatable bonds is 5. The standard InChI is InChI=1S/C12H23NO2/c1-3-10-5-4-6-11(7-10)8-13-9(2)12(14)15/h9-11,13H,3-8H2,1-2H3,(H,14,15)/t9-,10?,11?/m1/s1. The normalized spacial score (nSPS) is 28.7. The van der Waals surface area contributed by atoms with E-state index >= 15 is 0 Å². The van der Waals surface area contributed by atoms with Crippen LogP contribution in [0.2, 0.25) is 0 Å². The number of carboxylic acids is 1. The molecule has 0 aliphatic heterocycles. The lowest BCUT2D eigenvalue weighted by Crippen LogP contribution is -2.38. The van der Waals surface area contributed by atoms with Gasteiger partial charge in [0.05, 0.1) is 0 Å². The quantitative estimate of drug-likeness (QED) is 0.736. The zero-order chi connectivity index (χ0) is 11.3. The molecule has 1 aliphatic rings. The summed E-state index contributed by atoms with van der Waals surface area (Å²) < 4.78 is 0. The van der Waals surface area contributed by atoms with Gasteiger partial charge in [-0.3, -0.25) is 4.79 Å². The number of carboxylic acid groups (broad SMARTS) is 1. The molecule has 3 nitrogen and oxygen atoms in total. The Morgan fingerprint density at radius 3 is 2.73 bits per heavy atom. The summed E-state index contributed by atoms with van der Waals surface area (Å²) in [6, 6.07) is -0.410. The van der Waals surface area contributed by atoms with Crippen LogP contribution in [0, 0.1) is 11.8 Å². The first-order valence-electron chi connectivity index (χ1n) is 6.09. The van der Waals surface area contributed by atoms with E-state index in [0.717, 1.165) is 12.5 Å². The van der Waals surface area contributed by atoms with Gasteiger partial charge in [-0.2, -0.15) is 0 Å². The van der Waals surface area contributed by atoms with Crippen LogP contribution in [0.15, 0.2) is 0 Å². The monoisotopic (exact) mass is 213 g/mol. The van der Waals surface area contributed by atoms with E-state index in [4.69, 9.17) is 5.11 Å². The first-order chi connectivity index (χ1) is 7.13. The lowest BCUT2D eigenvalue weighted by Gasteiger charge is -2.29. The van der Waals surface area contributed by atoms with Crippen molar-refractivity contribution in [3.05, 3.63) is 0 Å². The van der Waals surface area contributed by atoms with E-state index in [2.05, 4.69) is 12.2 Å². The molecule has 0 bridgehead atoms. The molecule has 1 saturated carbocycles. The van der Waals surface area contributed by atoms with Gasteiger partial charge in [-0.25, -0.2) is 0 Å². The number of hydrogen-bond acceptors (Lipinski definition) is 2. The Hall–Kier alpha value is -0.570. The third kappa shape index (κ3) is 4.20. The zero-order valence-corrected chi connectivity index (χ0v) is 9.83. The molecule has 2 unspecified atom stereocenters. The Morgan fingerprint density at radius 1 is 1.47 bits per heavy atom. The van der Waals surface area contributed by atoms with Gasteiger partial charge in [-0.05, 0) is 38.1 Å². The first-order valence-corrected chi connectivity index (χ1v) is 6.09. The van der Waals surface area contributed by atoms with Crippen LogP contribution >= 0.6 is 0 Å². The number of hydrogen-bond donors (Lipinski definition) is 2. The van der Waals surface area contributed by atoms with Crippen molar-refractivity contribution >= 4 is 5.97 Å². The summed E-state index contributed by atoms with van der Waals surface area (Å²) in [5, 5.41) is 11.8. The molecule has 0 heterocycles. The molecule has 1 aliphatic carbocycles. The van der Waals surface area contributed by atoms with Gasteiger partial charge in [0.2, 0.25) is 0 Å². The minimum atomic E-state index is -0.752. The molecule has 0 aromatic carbocycles. The fourth-order valence-electron chi connectivity index (χ4n) is 2.39. The number of nitrogens with one attached hydrogen (secondary N) is 1. The summed E-state index contributed by atoms with van der Waals surface area (Å²) in [5.74, 6) is 0.800. The zero-order valence-electron chi connectivity index (χ0n) is 9.83. The molecule has 0 amide bonds. The van der Waals surface area contributed by atoms with E-state index in [1.807, 2.05) is 0 Å². The van der Waals surface area contributed by atoms with Crippen molar-refractivity contribution in [2.45, 2.75) is 52.0 Å². The second-order valence-electron chi connectivity index (χ2n) is 4.78. The summed E-state index contributed by atoms with van der Waals surface area (Å²) in [6.07, 6.45) is 6.48. The molecular formula is C12H23NO2. The van der Waals surface area contributed by atoms with Crippen molar-refractivity contribution < 1.29 is 9.90 Å². The molecular weight excluding hydrogens is 190 g/mol. The maximum Gasteiger partial charge on any atom is 0.320 e. The molecule has 3 heteroatoms. The van der Waals surface area contributed by atoms with Gasteiger partial charge >= 0.3 is 5.97 Å². The molecule has 0 saturated heterocycles. The Bertz CT molecular complexity index is 206. The van der Waals surface area contributed by atoms with Crippen LogP contribution in [0.5, 0.6) is 0 Å².